The molecule has 0 amide bonds. The van der Waals surface area contributed by atoms with Crippen molar-refractivity contribution in [3.63, 3.8) is 0 Å². The first-order valence-electron chi connectivity index (χ1n) is 6.72. The molecule has 0 aliphatic heterocycles. The number of benzene rings is 1. The molecule has 2 N–H and O–H groups in total. The Morgan fingerprint density at radius 2 is 1.95 bits per heavy atom. The highest BCUT2D eigenvalue weighted by molar-refractivity contribution is 7.98. The van der Waals surface area contributed by atoms with Gasteiger partial charge in [-0.05, 0) is 36.9 Å². The fourth-order valence-corrected chi connectivity index (χ4v) is 2.51. The Bertz CT molecular complexity index is 533. The first kappa shape index (κ1) is 14.9. The molecule has 2 rings (SSSR count). The van der Waals surface area contributed by atoms with Gasteiger partial charge in [-0.3, -0.25) is 4.98 Å². The SMILES string of the molecule is CCC(N)C(Oc1ccccc1SC)c1ccccn1. The number of thioether (sulfide) groups is 1. The van der Waals surface area contributed by atoms with Crippen LogP contribution >= 0.6 is 11.8 Å². The summed E-state index contributed by atoms with van der Waals surface area (Å²) in [4.78, 5) is 5.50. The van der Waals surface area contributed by atoms with Crippen molar-refractivity contribution in [3.8, 4) is 5.75 Å². The molecule has 4 heteroatoms. The van der Waals surface area contributed by atoms with Crippen molar-refractivity contribution in [2.75, 3.05) is 6.26 Å². The van der Waals surface area contributed by atoms with Gasteiger partial charge in [0.2, 0.25) is 0 Å². The minimum atomic E-state index is -0.227. The van der Waals surface area contributed by atoms with E-state index < -0.39 is 0 Å². The number of pyridine rings is 1. The fraction of sp³-hybridized carbons (Fsp3) is 0.312. The van der Waals surface area contributed by atoms with Gasteiger partial charge in [0.1, 0.15) is 5.75 Å². The van der Waals surface area contributed by atoms with Crippen molar-refractivity contribution in [1.82, 2.24) is 4.98 Å². The molecule has 3 nitrogen and oxygen atoms in total. The van der Waals surface area contributed by atoms with Gasteiger partial charge in [0.05, 0.1) is 5.69 Å². The maximum absolute atomic E-state index is 6.22. The quantitative estimate of drug-likeness (QED) is 0.824. The molecule has 0 fully saturated rings. The molecule has 2 unspecified atom stereocenters. The van der Waals surface area contributed by atoms with E-state index >= 15 is 0 Å². The van der Waals surface area contributed by atoms with Crippen LogP contribution in [0.5, 0.6) is 5.75 Å². The second-order valence-electron chi connectivity index (χ2n) is 4.52. The maximum Gasteiger partial charge on any atom is 0.155 e. The van der Waals surface area contributed by atoms with Crippen molar-refractivity contribution in [2.24, 2.45) is 5.73 Å². The van der Waals surface area contributed by atoms with E-state index in [-0.39, 0.29) is 12.1 Å². The number of ether oxygens (including phenoxy) is 1. The van der Waals surface area contributed by atoms with Crippen LogP contribution in [0.3, 0.4) is 0 Å². The third-order valence-corrected chi connectivity index (χ3v) is 3.94. The lowest BCUT2D eigenvalue weighted by atomic mass is 10.1. The van der Waals surface area contributed by atoms with Gasteiger partial charge in [-0.25, -0.2) is 0 Å². The molecule has 2 aromatic rings. The van der Waals surface area contributed by atoms with E-state index in [9.17, 15) is 0 Å². The predicted octanol–water partition coefficient (Wildman–Crippen LogP) is 3.66. The molecule has 1 heterocycles. The Hall–Kier alpha value is -1.52. The van der Waals surface area contributed by atoms with E-state index in [4.69, 9.17) is 10.5 Å². The van der Waals surface area contributed by atoms with E-state index in [0.717, 1.165) is 22.8 Å². The van der Waals surface area contributed by atoms with E-state index in [1.165, 1.54) is 0 Å². The monoisotopic (exact) mass is 288 g/mol. The summed E-state index contributed by atoms with van der Waals surface area (Å²) in [5, 5.41) is 0. The Morgan fingerprint density at radius 3 is 2.60 bits per heavy atom. The fourth-order valence-electron chi connectivity index (χ4n) is 1.98. The van der Waals surface area contributed by atoms with Crippen LogP contribution in [-0.4, -0.2) is 17.3 Å². The van der Waals surface area contributed by atoms with Crippen LogP contribution in [0.1, 0.15) is 25.1 Å². The molecule has 0 aliphatic rings. The molecule has 0 bridgehead atoms. The predicted molar refractivity (Wildman–Crippen MR) is 84.1 cm³/mol. The van der Waals surface area contributed by atoms with E-state index in [1.54, 1.807) is 18.0 Å². The van der Waals surface area contributed by atoms with Crippen molar-refractivity contribution in [2.45, 2.75) is 30.4 Å². The third-order valence-electron chi connectivity index (χ3n) is 3.16. The highest BCUT2D eigenvalue weighted by atomic mass is 32.2. The summed E-state index contributed by atoms with van der Waals surface area (Å²) in [6.07, 6.45) is 4.42. The Balaban J connectivity index is 2.29. The molecule has 106 valence electrons. The largest absolute Gasteiger partial charge is 0.481 e. The first-order valence-corrected chi connectivity index (χ1v) is 7.95. The molecule has 2 atom stereocenters. The van der Waals surface area contributed by atoms with Crippen molar-refractivity contribution >= 4 is 11.8 Å². The summed E-state index contributed by atoms with van der Waals surface area (Å²) in [5.74, 6) is 0.861. The topological polar surface area (TPSA) is 48.1 Å². The van der Waals surface area contributed by atoms with Gasteiger partial charge in [0.25, 0.3) is 0 Å². The molecule has 1 aromatic carbocycles. The zero-order chi connectivity index (χ0) is 14.4. The molecule has 20 heavy (non-hydrogen) atoms. The van der Waals surface area contributed by atoms with Gasteiger partial charge in [0.15, 0.2) is 6.10 Å². The summed E-state index contributed by atoms with van der Waals surface area (Å²) in [6.45, 7) is 2.06. The summed E-state index contributed by atoms with van der Waals surface area (Å²) < 4.78 is 6.17. The van der Waals surface area contributed by atoms with E-state index in [2.05, 4.69) is 11.9 Å². The number of para-hydroxylation sites is 1. The number of hydrogen-bond acceptors (Lipinski definition) is 4. The van der Waals surface area contributed by atoms with Crippen molar-refractivity contribution < 1.29 is 4.74 Å². The van der Waals surface area contributed by atoms with Gasteiger partial charge in [-0.2, -0.15) is 0 Å². The van der Waals surface area contributed by atoms with Crippen LogP contribution in [0.25, 0.3) is 0 Å². The highest BCUT2D eigenvalue weighted by Crippen LogP contribution is 2.31. The normalized spacial score (nSPS) is 13.8. The third kappa shape index (κ3) is 3.52. The zero-order valence-corrected chi connectivity index (χ0v) is 12.6. The molecule has 0 aliphatic carbocycles. The molecule has 0 saturated carbocycles. The molecule has 0 spiro atoms. The van der Waals surface area contributed by atoms with E-state index in [1.807, 2.05) is 48.7 Å². The van der Waals surface area contributed by atoms with Gasteiger partial charge >= 0.3 is 0 Å². The minimum Gasteiger partial charge on any atom is -0.481 e. The summed E-state index contributed by atoms with van der Waals surface area (Å²) >= 11 is 1.67. The van der Waals surface area contributed by atoms with Gasteiger partial charge in [-0.1, -0.05) is 25.1 Å². The first-order chi connectivity index (χ1) is 9.76. The molecule has 1 aromatic heterocycles. The molecule has 0 radical (unpaired) electrons. The lowest BCUT2D eigenvalue weighted by molar-refractivity contribution is 0.162. The average Bonchev–Trinajstić information content (AvgIpc) is 2.53. The maximum atomic E-state index is 6.22. The van der Waals surface area contributed by atoms with Crippen LogP contribution in [0.15, 0.2) is 53.6 Å². The van der Waals surface area contributed by atoms with Crippen LogP contribution in [0.4, 0.5) is 0 Å². The van der Waals surface area contributed by atoms with Crippen LogP contribution < -0.4 is 10.5 Å². The lowest BCUT2D eigenvalue weighted by Crippen LogP contribution is -2.32. The zero-order valence-electron chi connectivity index (χ0n) is 11.8. The standard InChI is InChI=1S/C16H20N2OS/c1-3-12(17)16(13-8-6-7-11-18-13)19-14-9-4-5-10-15(14)20-2/h4-12,16H,3,17H2,1-2H3. The Morgan fingerprint density at radius 1 is 1.20 bits per heavy atom. The smallest absolute Gasteiger partial charge is 0.155 e. The number of hydrogen-bond donors (Lipinski definition) is 1. The number of nitrogens with zero attached hydrogens (tertiary/aromatic N) is 1. The van der Waals surface area contributed by atoms with Gasteiger partial charge < -0.3 is 10.5 Å². The van der Waals surface area contributed by atoms with Crippen molar-refractivity contribution in [1.29, 1.82) is 0 Å². The molecule has 0 saturated heterocycles. The summed E-state index contributed by atoms with van der Waals surface area (Å²) in [7, 11) is 0. The van der Waals surface area contributed by atoms with Crippen LogP contribution in [0.2, 0.25) is 0 Å². The van der Waals surface area contributed by atoms with Crippen LogP contribution in [0, 0.1) is 0 Å². The highest BCUT2D eigenvalue weighted by Gasteiger charge is 2.22. The van der Waals surface area contributed by atoms with Crippen LogP contribution in [-0.2, 0) is 0 Å². The van der Waals surface area contributed by atoms with E-state index in [0.29, 0.717) is 0 Å². The minimum absolute atomic E-state index is 0.0835. The molecular weight excluding hydrogens is 268 g/mol. The average molecular weight is 288 g/mol. The molecular formula is C16H20N2OS. The second kappa shape index (κ2) is 7.31. The number of nitrogens with two attached hydrogens (primary N) is 1. The van der Waals surface area contributed by atoms with Crippen molar-refractivity contribution in [3.05, 3.63) is 54.4 Å². The Kier molecular flexibility index (Phi) is 5.44. The lowest BCUT2D eigenvalue weighted by Gasteiger charge is -2.24. The summed E-state index contributed by atoms with van der Waals surface area (Å²) in [6, 6.07) is 13.7. The van der Waals surface area contributed by atoms with Gasteiger partial charge in [0, 0.05) is 17.1 Å². The Labute approximate surface area is 124 Å². The number of rotatable bonds is 6. The summed E-state index contributed by atoms with van der Waals surface area (Å²) in [5.41, 5.74) is 7.09. The van der Waals surface area contributed by atoms with Gasteiger partial charge in [-0.15, -0.1) is 11.8 Å². The number of aromatic nitrogens is 1. The second-order valence-corrected chi connectivity index (χ2v) is 5.36.